The predicted molar refractivity (Wildman–Crippen MR) is 94.7 cm³/mol. The zero-order chi connectivity index (χ0) is 16.5. The summed E-state index contributed by atoms with van der Waals surface area (Å²) >= 11 is 0. The number of para-hydroxylation sites is 1. The first-order chi connectivity index (χ1) is 11.7. The lowest BCUT2D eigenvalue weighted by Crippen LogP contribution is -2.35. The van der Waals surface area contributed by atoms with Gasteiger partial charge in [0.05, 0.1) is 12.1 Å². The number of rotatable bonds is 3. The Morgan fingerprint density at radius 3 is 2.88 bits per heavy atom. The Morgan fingerprint density at radius 2 is 2.04 bits per heavy atom. The molecule has 124 valence electrons. The number of benzene rings is 1. The monoisotopic (exact) mass is 321 g/mol. The van der Waals surface area contributed by atoms with Gasteiger partial charge < -0.3 is 0 Å². The second-order valence-corrected chi connectivity index (χ2v) is 6.70. The Hall–Kier alpha value is -2.27. The molecule has 0 N–H and O–H groups in total. The summed E-state index contributed by atoms with van der Waals surface area (Å²) in [5.41, 5.74) is 3.44. The summed E-state index contributed by atoms with van der Waals surface area (Å²) in [7, 11) is 2.03. The fourth-order valence-electron chi connectivity index (χ4n) is 3.79. The number of aromatic nitrogens is 4. The first-order valence-electron chi connectivity index (χ1n) is 8.63. The molecule has 2 aromatic heterocycles. The predicted octanol–water partition coefficient (Wildman–Crippen LogP) is 3.05. The Labute approximate surface area is 142 Å². The number of aryl methyl sites for hydroxylation is 2. The third kappa shape index (κ3) is 2.91. The normalized spacial score (nSPS) is 19.0. The van der Waals surface area contributed by atoms with Crippen LogP contribution in [0, 0.1) is 6.92 Å². The van der Waals surface area contributed by atoms with Gasteiger partial charge in [0.25, 0.3) is 0 Å². The Kier molecular flexibility index (Phi) is 4.02. The molecule has 0 spiro atoms. The van der Waals surface area contributed by atoms with E-state index < -0.39 is 0 Å². The van der Waals surface area contributed by atoms with Gasteiger partial charge >= 0.3 is 0 Å². The molecule has 0 aliphatic carbocycles. The van der Waals surface area contributed by atoms with Crippen LogP contribution in [0.15, 0.2) is 36.5 Å². The fraction of sp³-hybridized carbons (Fsp3) is 0.421. The smallest absolute Gasteiger partial charge is 0.143 e. The topological polar surface area (TPSA) is 46.8 Å². The van der Waals surface area contributed by atoms with E-state index in [1.807, 2.05) is 30.1 Å². The van der Waals surface area contributed by atoms with Gasteiger partial charge in [0.15, 0.2) is 0 Å². The van der Waals surface area contributed by atoms with Crippen molar-refractivity contribution in [1.82, 2.24) is 24.6 Å². The van der Waals surface area contributed by atoms with Gasteiger partial charge in [-0.25, -0.2) is 9.97 Å². The maximum Gasteiger partial charge on any atom is 0.143 e. The van der Waals surface area contributed by atoms with Crippen molar-refractivity contribution >= 4 is 10.9 Å². The third-order valence-electron chi connectivity index (χ3n) is 4.99. The van der Waals surface area contributed by atoms with E-state index >= 15 is 0 Å². The van der Waals surface area contributed by atoms with E-state index in [0.29, 0.717) is 5.92 Å². The van der Waals surface area contributed by atoms with Gasteiger partial charge in [-0.3, -0.25) is 9.58 Å². The molecule has 0 radical (unpaired) electrons. The van der Waals surface area contributed by atoms with E-state index in [1.54, 1.807) is 0 Å². The highest BCUT2D eigenvalue weighted by atomic mass is 15.3. The van der Waals surface area contributed by atoms with E-state index in [2.05, 4.69) is 35.1 Å². The number of likely N-dealkylation sites (tertiary alicyclic amines) is 1. The fourth-order valence-corrected chi connectivity index (χ4v) is 3.79. The summed E-state index contributed by atoms with van der Waals surface area (Å²) in [5, 5.41) is 5.47. The Morgan fingerprint density at radius 1 is 1.17 bits per heavy atom. The van der Waals surface area contributed by atoms with Crippen LogP contribution in [0.25, 0.3) is 10.9 Å². The average molecular weight is 321 g/mol. The number of hydrogen-bond acceptors (Lipinski definition) is 4. The maximum absolute atomic E-state index is 4.77. The summed E-state index contributed by atoms with van der Waals surface area (Å²) in [6.45, 7) is 5.06. The maximum atomic E-state index is 4.77. The molecule has 1 aliphatic rings. The second-order valence-electron chi connectivity index (χ2n) is 6.70. The van der Waals surface area contributed by atoms with E-state index in [4.69, 9.17) is 9.97 Å². The minimum Gasteiger partial charge on any atom is -0.295 e. The summed E-state index contributed by atoms with van der Waals surface area (Å²) in [4.78, 5) is 12.0. The van der Waals surface area contributed by atoms with Crippen LogP contribution >= 0.6 is 0 Å². The molecule has 1 fully saturated rings. The summed E-state index contributed by atoms with van der Waals surface area (Å²) < 4.78 is 2.00. The van der Waals surface area contributed by atoms with Crippen molar-refractivity contribution in [3.63, 3.8) is 0 Å². The Balaban J connectivity index is 1.54. The SMILES string of the molecule is Cc1nc(CN2CCC[C@@H](c3ccnn3C)C2)nc2ccccc12. The van der Waals surface area contributed by atoms with Crippen LogP contribution in [-0.4, -0.2) is 37.7 Å². The molecule has 4 rings (SSSR count). The second kappa shape index (κ2) is 6.32. The summed E-state index contributed by atoms with van der Waals surface area (Å²) in [6, 6.07) is 10.4. The molecular weight excluding hydrogens is 298 g/mol. The van der Waals surface area contributed by atoms with Crippen LogP contribution in [0.2, 0.25) is 0 Å². The van der Waals surface area contributed by atoms with Crippen molar-refractivity contribution in [1.29, 1.82) is 0 Å². The molecule has 1 aliphatic heterocycles. The third-order valence-corrected chi connectivity index (χ3v) is 4.99. The number of hydrogen-bond donors (Lipinski definition) is 0. The molecule has 0 unspecified atom stereocenters. The Bertz CT molecular complexity index is 854. The van der Waals surface area contributed by atoms with Crippen molar-refractivity contribution < 1.29 is 0 Å². The van der Waals surface area contributed by atoms with Crippen molar-refractivity contribution in [3.05, 3.63) is 53.7 Å². The van der Waals surface area contributed by atoms with Crippen molar-refractivity contribution in [3.8, 4) is 0 Å². The largest absolute Gasteiger partial charge is 0.295 e. The molecule has 1 saturated heterocycles. The van der Waals surface area contributed by atoms with Crippen molar-refractivity contribution in [2.75, 3.05) is 13.1 Å². The van der Waals surface area contributed by atoms with Gasteiger partial charge in [0.2, 0.25) is 0 Å². The van der Waals surface area contributed by atoms with Crippen LogP contribution in [0.5, 0.6) is 0 Å². The lowest BCUT2D eigenvalue weighted by atomic mass is 9.94. The van der Waals surface area contributed by atoms with E-state index in [0.717, 1.165) is 42.1 Å². The summed E-state index contributed by atoms with van der Waals surface area (Å²) in [6.07, 6.45) is 4.33. The molecule has 0 amide bonds. The molecular formula is C19H23N5. The highest BCUT2D eigenvalue weighted by Gasteiger charge is 2.24. The van der Waals surface area contributed by atoms with E-state index in [1.165, 1.54) is 18.5 Å². The van der Waals surface area contributed by atoms with Crippen LogP contribution in [0.3, 0.4) is 0 Å². The lowest BCUT2D eigenvalue weighted by molar-refractivity contribution is 0.192. The molecule has 0 bridgehead atoms. The summed E-state index contributed by atoms with van der Waals surface area (Å²) in [5.74, 6) is 1.48. The van der Waals surface area contributed by atoms with Crippen molar-refractivity contribution in [2.24, 2.45) is 7.05 Å². The first-order valence-corrected chi connectivity index (χ1v) is 8.63. The molecule has 5 heteroatoms. The standard InChI is InChI=1S/C19H23N5/c1-14-16-7-3-4-8-17(16)22-19(21-14)13-24-11-5-6-15(12-24)18-9-10-20-23(18)2/h3-4,7-10,15H,5-6,11-13H2,1-2H3/t15-/m1/s1. The number of nitrogens with zero attached hydrogens (tertiary/aromatic N) is 5. The molecule has 3 aromatic rings. The molecule has 1 aromatic carbocycles. The highest BCUT2D eigenvalue weighted by Crippen LogP contribution is 2.27. The molecule has 24 heavy (non-hydrogen) atoms. The van der Waals surface area contributed by atoms with Crippen LogP contribution in [0.4, 0.5) is 0 Å². The minimum atomic E-state index is 0.549. The number of piperidine rings is 1. The van der Waals surface area contributed by atoms with Gasteiger partial charge in [0, 0.05) is 42.5 Å². The number of fused-ring (bicyclic) bond motifs is 1. The average Bonchev–Trinajstić information content (AvgIpc) is 3.01. The van der Waals surface area contributed by atoms with E-state index in [-0.39, 0.29) is 0 Å². The zero-order valence-electron chi connectivity index (χ0n) is 14.3. The lowest BCUT2D eigenvalue weighted by Gasteiger charge is -2.32. The highest BCUT2D eigenvalue weighted by molar-refractivity contribution is 5.80. The van der Waals surface area contributed by atoms with E-state index in [9.17, 15) is 0 Å². The van der Waals surface area contributed by atoms with Gasteiger partial charge in [-0.15, -0.1) is 0 Å². The van der Waals surface area contributed by atoms with Gasteiger partial charge in [0.1, 0.15) is 5.82 Å². The molecule has 3 heterocycles. The van der Waals surface area contributed by atoms with Crippen LogP contribution in [-0.2, 0) is 13.6 Å². The minimum absolute atomic E-state index is 0.549. The quantitative estimate of drug-likeness (QED) is 0.744. The van der Waals surface area contributed by atoms with Crippen LogP contribution < -0.4 is 0 Å². The molecule has 1 atom stereocenters. The van der Waals surface area contributed by atoms with Gasteiger partial charge in [-0.05, 0) is 38.4 Å². The van der Waals surface area contributed by atoms with Gasteiger partial charge in [-0.2, -0.15) is 5.10 Å². The van der Waals surface area contributed by atoms with Gasteiger partial charge in [-0.1, -0.05) is 18.2 Å². The molecule has 0 saturated carbocycles. The van der Waals surface area contributed by atoms with Crippen molar-refractivity contribution in [2.45, 2.75) is 32.2 Å². The molecule has 5 nitrogen and oxygen atoms in total. The first kappa shape index (κ1) is 15.3. The van der Waals surface area contributed by atoms with Crippen LogP contribution in [0.1, 0.15) is 36.0 Å². The zero-order valence-corrected chi connectivity index (χ0v) is 14.3.